The molecular formula is C47H66Cl2O6. The van der Waals surface area contributed by atoms with Gasteiger partial charge in [0.15, 0.2) is 0 Å². The summed E-state index contributed by atoms with van der Waals surface area (Å²) in [6.07, 6.45) is 19.2. The number of carbonyl (C=O) groups excluding carboxylic acids is 2. The highest BCUT2D eigenvalue weighted by Crippen LogP contribution is 2.69. The van der Waals surface area contributed by atoms with E-state index in [4.69, 9.17) is 32.7 Å². The normalized spacial score (nSPS) is 30.7. The number of halogens is 2. The third kappa shape index (κ3) is 8.30. The number of hydrogen-bond donors (Lipinski definition) is 2. The number of carbonyl (C=O) groups is 2. The second-order valence-corrected chi connectivity index (χ2v) is 19.9. The van der Waals surface area contributed by atoms with Crippen LogP contribution < -0.4 is 0 Å². The minimum absolute atomic E-state index is 0.0254. The molecule has 2 aromatic rings. The van der Waals surface area contributed by atoms with Crippen LogP contribution in [0.2, 0.25) is 10.0 Å². The number of esters is 2. The molecule has 4 aliphatic rings. The maximum Gasteiger partial charge on any atom is 0.341 e. The van der Waals surface area contributed by atoms with Crippen LogP contribution >= 0.6 is 23.2 Å². The number of ether oxygens (including phenoxy) is 2. The molecule has 0 aliphatic heterocycles. The van der Waals surface area contributed by atoms with Crippen LogP contribution in [0.15, 0.2) is 24.3 Å². The van der Waals surface area contributed by atoms with Crippen molar-refractivity contribution in [2.45, 2.75) is 137 Å². The van der Waals surface area contributed by atoms with Gasteiger partial charge in [0, 0.05) is 5.92 Å². The van der Waals surface area contributed by atoms with E-state index in [0.29, 0.717) is 34.3 Å². The van der Waals surface area contributed by atoms with Gasteiger partial charge in [-0.3, -0.25) is 0 Å². The Bertz CT molecular complexity index is 1630. The Balaban J connectivity index is 1.15. The van der Waals surface area contributed by atoms with Crippen LogP contribution in [0.3, 0.4) is 0 Å². The summed E-state index contributed by atoms with van der Waals surface area (Å²) >= 11 is 13.0. The van der Waals surface area contributed by atoms with Crippen molar-refractivity contribution in [2.75, 3.05) is 14.2 Å². The predicted octanol–water partition coefficient (Wildman–Crippen LogP) is 13.0. The van der Waals surface area contributed by atoms with Crippen LogP contribution in [0.25, 0.3) is 0 Å². The predicted molar refractivity (Wildman–Crippen MR) is 221 cm³/mol. The summed E-state index contributed by atoms with van der Waals surface area (Å²) in [5.74, 6) is 4.23. The summed E-state index contributed by atoms with van der Waals surface area (Å²) < 4.78 is 9.89. The fourth-order valence-electron chi connectivity index (χ4n) is 12.9. The summed E-state index contributed by atoms with van der Waals surface area (Å²) in [5, 5.41) is 21.3. The van der Waals surface area contributed by atoms with Crippen LogP contribution in [-0.2, 0) is 9.47 Å². The Hall–Kier alpha value is -2.44. The van der Waals surface area contributed by atoms with E-state index < -0.39 is 11.9 Å². The van der Waals surface area contributed by atoms with E-state index in [2.05, 4.69) is 34.6 Å². The molecule has 0 spiro atoms. The first-order valence-electron chi connectivity index (χ1n) is 21.3. The third-order valence-corrected chi connectivity index (χ3v) is 16.4. The average Bonchev–Trinajstić information content (AvgIpc) is 3.52. The molecule has 1 unspecified atom stereocenters. The van der Waals surface area contributed by atoms with Crippen molar-refractivity contribution in [1.82, 2.24) is 0 Å². The van der Waals surface area contributed by atoms with Crippen molar-refractivity contribution < 1.29 is 29.3 Å². The number of benzene rings is 2. The number of rotatable bonds is 13. The lowest BCUT2D eigenvalue weighted by molar-refractivity contribution is -0.121. The minimum Gasteiger partial charge on any atom is -0.505 e. The van der Waals surface area contributed by atoms with E-state index in [1.165, 1.54) is 91.3 Å². The largest absolute Gasteiger partial charge is 0.505 e. The monoisotopic (exact) mass is 796 g/mol. The zero-order valence-corrected chi connectivity index (χ0v) is 35.9. The topological polar surface area (TPSA) is 93.1 Å². The lowest BCUT2D eigenvalue weighted by Crippen LogP contribution is -2.53. The molecule has 55 heavy (non-hydrogen) atoms. The first kappa shape index (κ1) is 42.2. The molecule has 0 amide bonds. The van der Waals surface area contributed by atoms with Crippen LogP contribution in [0.4, 0.5) is 0 Å². The average molecular weight is 798 g/mol. The molecule has 0 aromatic heterocycles. The molecular weight excluding hydrogens is 731 g/mol. The number of methoxy groups -OCH3 is 2. The van der Waals surface area contributed by atoms with E-state index in [9.17, 15) is 19.8 Å². The highest BCUT2D eigenvalue weighted by molar-refractivity contribution is 6.33. The van der Waals surface area contributed by atoms with Gasteiger partial charge in [0.1, 0.15) is 22.6 Å². The molecule has 0 saturated heterocycles. The van der Waals surface area contributed by atoms with Crippen LogP contribution in [-0.4, -0.2) is 36.4 Å². The first-order chi connectivity index (χ1) is 26.1. The van der Waals surface area contributed by atoms with Crippen molar-refractivity contribution >= 4 is 35.1 Å². The molecule has 4 fully saturated rings. The van der Waals surface area contributed by atoms with Gasteiger partial charge in [0.05, 0.1) is 24.3 Å². The fraction of sp³-hybridized carbons (Fsp3) is 0.702. The van der Waals surface area contributed by atoms with Gasteiger partial charge < -0.3 is 19.7 Å². The molecule has 2 aromatic carbocycles. The van der Waals surface area contributed by atoms with E-state index in [1.807, 2.05) is 0 Å². The number of aromatic hydroxyl groups is 2. The quantitative estimate of drug-likeness (QED) is 0.196. The summed E-state index contributed by atoms with van der Waals surface area (Å²) in [7, 11) is 2.52. The maximum atomic E-state index is 12.6. The first-order valence-corrected chi connectivity index (χ1v) is 22.1. The Kier molecular flexibility index (Phi) is 13.2. The molecule has 8 heteroatoms. The molecule has 2 N–H and O–H groups in total. The van der Waals surface area contributed by atoms with Crippen LogP contribution in [0, 0.1) is 58.2 Å². The van der Waals surface area contributed by atoms with Crippen molar-refractivity contribution in [1.29, 1.82) is 0 Å². The second-order valence-electron chi connectivity index (χ2n) is 19.1. The van der Waals surface area contributed by atoms with Gasteiger partial charge in [-0.15, -0.1) is 0 Å². The summed E-state index contributed by atoms with van der Waals surface area (Å²) in [5.41, 5.74) is 2.29. The Morgan fingerprint density at radius 3 is 1.91 bits per heavy atom. The Morgan fingerprint density at radius 2 is 1.33 bits per heavy atom. The van der Waals surface area contributed by atoms with Crippen molar-refractivity contribution in [3.05, 3.63) is 56.6 Å². The minimum atomic E-state index is -0.694. The molecule has 4 aliphatic carbocycles. The highest BCUT2D eigenvalue weighted by Gasteiger charge is 2.60. The van der Waals surface area contributed by atoms with E-state index in [1.54, 1.807) is 24.3 Å². The van der Waals surface area contributed by atoms with Gasteiger partial charge in [-0.25, -0.2) is 9.59 Å². The smallest absolute Gasteiger partial charge is 0.341 e. The van der Waals surface area contributed by atoms with Crippen molar-refractivity contribution in [2.24, 2.45) is 58.2 Å². The molecule has 0 bridgehead atoms. The molecule has 0 heterocycles. The summed E-state index contributed by atoms with van der Waals surface area (Å²) in [6, 6.07) is 6.53. The molecule has 0 radical (unpaired) electrons. The number of phenolic OH excluding ortho intramolecular Hbond substituents is 2. The lowest BCUT2D eigenvalue weighted by Gasteiger charge is -2.61. The summed E-state index contributed by atoms with van der Waals surface area (Å²) in [4.78, 5) is 25.3. The maximum absolute atomic E-state index is 12.6. The molecule has 9 atom stereocenters. The SMILES string of the molecule is COC(=O)c1cc(C(CCC[C@H]2CC[C@@]3(C)C(CC[C@H]4[C@@H]5CC[C@H]([C@H](C)CCCC(C)C)[C@@]5(C)CC[C@@H]43)C2)c2cc(Cl)c(O)c(C(=O)OC)c2)cc(Cl)c1O. The van der Waals surface area contributed by atoms with E-state index in [-0.39, 0.29) is 38.6 Å². The summed E-state index contributed by atoms with van der Waals surface area (Å²) in [6.45, 7) is 12.7. The Labute approximate surface area is 340 Å². The molecule has 4 saturated carbocycles. The van der Waals surface area contributed by atoms with Gasteiger partial charge in [-0.1, -0.05) is 89.9 Å². The van der Waals surface area contributed by atoms with Gasteiger partial charge in [0.2, 0.25) is 0 Å². The van der Waals surface area contributed by atoms with Crippen LogP contribution in [0.1, 0.15) is 169 Å². The van der Waals surface area contributed by atoms with Crippen molar-refractivity contribution in [3.8, 4) is 11.5 Å². The van der Waals surface area contributed by atoms with Gasteiger partial charge >= 0.3 is 11.9 Å². The van der Waals surface area contributed by atoms with Gasteiger partial charge in [0.25, 0.3) is 0 Å². The highest BCUT2D eigenvalue weighted by atomic mass is 35.5. The third-order valence-electron chi connectivity index (χ3n) is 15.9. The Morgan fingerprint density at radius 1 is 0.745 bits per heavy atom. The lowest BCUT2D eigenvalue weighted by atomic mass is 9.44. The number of hydrogen-bond acceptors (Lipinski definition) is 6. The van der Waals surface area contributed by atoms with Crippen LogP contribution in [0.5, 0.6) is 11.5 Å². The van der Waals surface area contributed by atoms with Gasteiger partial charge in [-0.2, -0.15) is 0 Å². The van der Waals surface area contributed by atoms with Gasteiger partial charge in [-0.05, 0) is 158 Å². The van der Waals surface area contributed by atoms with E-state index in [0.717, 1.165) is 54.3 Å². The molecule has 304 valence electrons. The molecule has 6 rings (SSSR count). The zero-order valence-electron chi connectivity index (χ0n) is 34.4. The number of fused-ring (bicyclic) bond motifs is 5. The number of phenols is 2. The second kappa shape index (κ2) is 17.2. The van der Waals surface area contributed by atoms with E-state index >= 15 is 0 Å². The fourth-order valence-corrected chi connectivity index (χ4v) is 13.4. The standard InChI is InChI=1S/C47H66Cl2O6/c1-27(2)10-8-11-28(3)37-16-17-38-34-15-14-32-22-29(18-20-46(32,4)39(34)19-21-47(37,38)5)12-9-13-33(30-23-35(44(52)54-6)42(50)40(48)25-30)31-24-36(45(53)55-7)43(51)41(49)26-31/h23-29,32-34,37-39,50-51H,8-22H2,1-7H3/t28-,29+,32?,34+,37-,38+,39+,46+,47-/m1/s1. The zero-order chi connectivity index (χ0) is 39.8. The van der Waals surface area contributed by atoms with Crippen molar-refractivity contribution in [3.63, 3.8) is 0 Å². The molecule has 6 nitrogen and oxygen atoms in total.